The topological polar surface area (TPSA) is 53.5 Å². The Morgan fingerprint density at radius 1 is 0.246 bits per heavy atom. The summed E-state index contributed by atoms with van der Waals surface area (Å²) in [5.41, 5.74) is 15.0. The first kappa shape index (κ1) is 38.8. The first-order valence-electron chi connectivity index (χ1n) is 23.4. The predicted octanol–water partition coefficient (Wildman–Crippen LogP) is 15.8. The monoisotopic (exact) mass is 880 g/mol. The summed E-state index contributed by atoms with van der Waals surface area (Å²) in [4.78, 5) is 16.2. The molecule has 4 aromatic heterocycles. The fraction of sp³-hybridized carbons (Fsp3) is 0. The molecular formula is C63H40N6. The van der Waals surface area contributed by atoms with Crippen LogP contribution < -0.4 is 0 Å². The van der Waals surface area contributed by atoms with Crippen molar-refractivity contribution < 1.29 is 0 Å². The first-order chi connectivity index (χ1) is 34.2. The molecule has 0 atom stereocenters. The van der Waals surface area contributed by atoms with Crippen molar-refractivity contribution in [1.29, 1.82) is 0 Å². The minimum Gasteiger partial charge on any atom is -0.309 e. The van der Waals surface area contributed by atoms with Gasteiger partial charge in [-0.05, 0) is 64.7 Å². The van der Waals surface area contributed by atoms with Crippen molar-refractivity contribution in [3.63, 3.8) is 0 Å². The SMILES string of the molecule is c1ccc(-c2ccc(-c3nc(-c4ccccc4)nc(-n4c5cccc(-n6c7ccccc7c7ccccc76)c5c5cccc(-n6c7ccccc7c7ccc(-c8ccccc8)cc76)c54)n3)cc2)cc1. The molecule has 6 nitrogen and oxygen atoms in total. The van der Waals surface area contributed by atoms with Gasteiger partial charge in [-0.2, -0.15) is 9.97 Å². The fourth-order valence-electron chi connectivity index (χ4n) is 10.6. The summed E-state index contributed by atoms with van der Waals surface area (Å²) in [5, 5.41) is 6.97. The van der Waals surface area contributed by atoms with Crippen LogP contribution in [-0.4, -0.2) is 28.7 Å². The second-order valence-corrected chi connectivity index (χ2v) is 17.6. The lowest BCUT2D eigenvalue weighted by molar-refractivity contribution is 0.949. The number of benzene rings is 10. The van der Waals surface area contributed by atoms with Crippen molar-refractivity contribution in [2.75, 3.05) is 0 Å². The van der Waals surface area contributed by atoms with E-state index in [4.69, 9.17) is 15.0 Å². The lowest BCUT2D eigenvalue weighted by Crippen LogP contribution is -2.08. The summed E-state index contributed by atoms with van der Waals surface area (Å²) in [5.74, 6) is 1.72. The number of hydrogen-bond donors (Lipinski definition) is 0. The normalized spacial score (nSPS) is 11.8. The zero-order chi connectivity index (χ0) is 45.4. The van der Waals surface area contributed by atoms with Gasteiger partial charge in [0.05, 0.1) is 44.5 Å². The molecular weight excluding hydrogens is 841 g/mol. The molecule has 0 aliphatic heterocycles. The molecule has 0 saturated carbocycles. The van der Waals surface area contributed by atoms with Crippen molar-refractivity contribution in [2.45, 2.75) is 0 Å². The van der Waals surface area contributed by atoms with Crippen LogP contribution in [0.1, 0.15) is 0 Å². The number of nitrogens with zero attached hydrogens (tertiary/aromatic N) is 6. The minimum absolute atomic E-state index is 0.531. The van der Waals surface area contributed by atoms with E-state index in [1.54, 1.807) is 0 Å². The van der Waals surface area contributed by atoms with Gasteiger partial charge in [0, 0.05) is 43.4 Å². The Bertz CT molecular complexity index is 4230. The molecule has 0 aliphatic rings. The zero-order valence-electron chi connectivity index (χ0n) is 37.3. The number of fused-ring (bicyclic) bond motifs is 9. The van der Waals surface area contributed by atoms with Crippen molar-refractivity contribution >= 4 is 65.4 Å². The molecule has 0 saturated heterocycles. The molecule has 0 spiro atoms. The predicted molar refractivity (Wildman–Crippen MR) is 285 cm³/mol. The van der Waals surface area contributed by atoms with E-state index in [9.17, 15) is 0 Å². The van der Waals surface area contributed by atoms with Gasteiger partial charge in [0.15, 0.2) is 11.6 Å². The molecule has 322 valence electrons. The third kappa shape index (κ3) is 6.16. The number of aromatic nitrogens is 6. The summed E-state index contributed by atoms with van der Waals surface area (Å²) >= 11 is 0. The fourth-order valence-corrected chi connectivity index (χ4v) is 10.6. The summed E-state index contributed by atoms with van der Waals surface area (Å²) in [7, 11) is 0. The van der Waals surface area contributed by atoms with Crippen LogP contribution in [0, 0.1) is 0 Å². The molecule has 0 fully saturated rings. The Morgan fingerprint density at radius 3 is 1.26 bits per heavy atom. The lowest BCUT2D eigenvalue weighted by atomic mass is 10.0. The lowest BCUT2D eigenvalue weighted by Gasteiger charge is -2.15. The third-order valence-electron chi connectivity index (χ3n) is 13.7. The third-order valence-corrected chi connectivity index (χ3v) is 13.7. The van der Waals surface area contributed by atoms with Crippen molar-refractivity contribution in [3.8, 4) is 62.4 Å². The largest absolute Gasteiger partial charge is 0.309 e. The van der Waals surface area contributed by atoms with Crippen LogP contribution in [0.4, 0.5) is 0 Å². The number of para-hydroxylation sites is 4. The van der Waals surface area contributed by atoms with Gasteiger partial charge in [0.25, 0.3) is 0 Å². The molecule has 6 heteroatoms. The highest BCUT2D eigenvalue weighted by Gasteiger charge is 2.26. The van der Waals surface area contributed by atoms with Gasteiger partial charge in [0.2, 0.25) is 5.95 Å². The van der Waals surface area contributed by atoms with E-state index in [2.05, 4.69) is 232 Å². The molecule has 4 heterocycles. The number of hydrogen-bond acceptors (Lipinski definition) is 3. The quantitative estimate of drug-likeness (QED) is 0.160. The highest BCUT2D eigenvalue weighted by molar-refractivity contribution is 6.19. The van der Waals surface area contributed by atoms with Gasteiger partial charge in [-0.25, -0.2) is 4.98 Å². The van der Waals surface area contributed by atoms with Crippen LogP contribution in [0.3, 0.4) is 0 Å². The average Bonchev–Trinajstić information content (AvgIpc) is 4.07. The number of rotatable bonds is 7. The van der Waals surface area contributed by atoms with E-state index >= 15 is 0 Å². The maximum atomic E-state index is 5.49. The smallest absolute Gasteiger partial charge is 0.238 e. The molecule has 10 aromatic carbocycles. The molecule has 0 radical (unpaired) electrons. The van der Waals surface area contributed by atoms with E-state index in [0.717, 1.165) is 83.1 Å². The Balaban J connectivity index is 1.12. The maximum Gasteiger partial charge on any atom is 0.238 e. The van der Waals surface area contributed by atoms with Crippen LogP contribution in [0.5, 0.6) is 0 Å². The standard InChI is InChI=1S/C63H40N6/c1-4-18-41(19-5-1)43-34-36-45(37-35-43)62-64-61(44-22-8-3-9-23-44)65-63(66-62)69-56-32-17-31-55(67-52-28-13-10-24-47(52)48-25-11-14-29-53(48)67)59(56)51-27-16-33-57(60(51)69)68-54-30-15-12-26-49(54)50-39-38-46(40-58(50)68)42-20-6-2-7-21-42/h1-40H. The van der Waals surface area contributed by atoms with Crippen LogP contribution in [-0.2, 0) is 0 Å². The van der Waals surface area contributed by atoms with E-state index < -0.39 is 0 Å². The Labute approximate surface area is 397 Å². The average molecular weight is 881 g/mol. The summed E-state index contributed by atoms with van der Waals surface area (Å²) in [6.07, 6.45) is 0. The highest BCUT2D eigenvalue weighted by atomic mass is 15.2. The van der Waals surface area contributed by atoms with Crippen molar-refractivity contribution in [3.05, 3.63) is 243 Å². The second kappa shape index (κ2) is 15.6. The molecule has 0 amide bonds. The van der Waals surface area contributed by atoms with Gasteiger partial charge in [-0.3, -0.25) is 4.57 Å². The molecule has 0 unspecified atom stereocenters. The Morgan fingerprint density at radius 2 is 0.652 bits per heavy atom. The molecule has 69 heavy (non-hydrogen) atoms. The van der Waals surface area contributed by atoms with Crippen LogP contribution in [0.2, 0.25) is 0 Å². The van der Waals surface area contributed by atoms with Crippen LogP contribution >= 0.6 is 0 Å². The Kier molecular flexibility index (Phi) is 8.79. The van der Waals surface area contributed by atoms with E-state index in [0.29, 0.717) is 17.6 Å². The van der Waals surface area contributed by atoms with Gasteiger partial charge in [-0.1, -0.05) is 200 Å². The van der Waals surface area contributed by atoms with Crippen LogP contribution in [0.25, 0.3) is 128 Å². The van der Waals surface area contributed by atoms with E-state index in [1.165, 1.54) is 27.1 Å². The van der Waals surface area contributed by atoms with Gasteiger partial charge < -0.3 is 9.13 Å². The van der Waals surface area contributed by atoms with E-state index in [-0.39, 0.29) is 0 Å². The van der Waals surface area contributed by atoms with Gasteiger partial charge in [0.1, 0.15) is 0 Å². The molecule has 0 N–H and O–H groups in total. The molecule has 0 aliphatic carbocycles. The zero-order valence-corrected chi connectivity index (χ0v) is 37.3. The van der Waals surface area contributed by atoms with Crippen LogP contribution in [0.15, 0.2) is 243 Å². The summed E-state index contributed by atoms with van der Waals surface area (Å²) in [6.45, 7) is 0. The Hall–Kier alpha value is -9.39. The van der Waals surface area contributed by atoms with Gasteiger partial charge >= 0.3 is 0 Å². The van der Waals surface area contributed by atoms with E-state index in [1.807, 2.05) is 24.3 Å². The molecule has 0 bridgehead atoms. The van der Waals surface area contributed by atoms with Crippen molar-refractivity contribution in [2.24, 2.45) is 0 Å². The highest BCUT2D eigenvalue weighted by Crippen LogP contribution is 2.44. The second-order valence-electron chi connectivity index (χ2n) is 17.6. The van der Waals surface area contributed by atoms with Crippen molar-refractivity contribution in [1.82, 2.24) is 28.7 Å². The summed E-state index contributed by atoms with van der Waals surface area (Å²) in [6, 6.07) is 86.3. The first-order valence-corrected chi connectivity index (χ1v) is 23.4. The summed E-state index contributed by atoms with van der Waals surface area (Å²) < 4.78 is 7.16. The minimum atomic E-state index is 0.531. The van der Waals surface area contributed by atoms with Gasteiger partial charge in [-0.15, -0.1) is 0 Å². The molecule has 14 aromatic rings. The molecule has 14 rings (SSSR count). The maximum absolute atomic E-state index is 5.49.